The van der Waals surface area contributed by atoms with Crippen LogP contribution in [0.4, 0.5) is 0 Å². The van der Waals surface area contributed by atoms with Crippen molar-refractivity contribution < 1.29 is 0 Å². The highest BCUT2D eigenvalue weighted by Gasteiger charge is 2.15. The molecule has 3 rings (SSSR count). The van der Waals surface area contributed by atoms with Crippen molar-refractivity contribution in [3.05, 3.63) is 51.8 Å². The first-order chi connectivity index (χ1) is 7.86. The average Bonchev–Trinajstić information content (AvgIpc) is 2.98. The number of rotatable bonds is 2. The lowest BCUT2D eigenvalue weighted by molar-refractivity contribution is 0.870. The van der Waals surface area contributed by atoms with Crippen LogP contribution in [0.2, 0.25) is 0 Å². The van der Waals surface area contributed by atoms with Gasteiger partial charge >= 0.3 is 0 Å². The molecule has 0 amide bonds. The van der Waals surface area contributed by atoms with Crippen molar-refractivity contribution in [3.63, 3.8) is 0 Å². The van der Waals surface area contributed by atoms with Crippen LogP contribution in [0.3, 0.4) is 0 Å². The van der Waals surface area contributed by atoms with Gasteiger partial charge in [0.1, 0.15) is 5.01 Å². The highest BCUT2D eigenvalue weighted by molar-refractivity contribution is 7.17. The summed E-state index contributed by atoms with van der Waals surface area (Å²) in [5.74, 6) is 0. The molecule has 1 unspecified atom stereocenters. The van der Waals surface area contributed by atoms with Crippen LogP contribution in [0.1, 0.15) is 16.6 Å². The minimum atomic E-state index is -0.101. The van der Waals surface area contributed by atoms with Crippen LogP contribution in [-0.4, -0.2) is 4.98 Å². The quantitative estimate of drug-likeness (QED) is 0.752. The zero-order valence-corrected chi connectivity index (χ0v) is 10.1. The molecule has 16 heavy (non-hydrogen) atoms. The molecule has 0 spiro atoms. The van der Waals surface area contributed by atoms with E-state index in [0.717, 1.165) is 5.01 Å². The Kier molecular flexibility index (Phi) is 2.47. The average molecular weight is 246 g/mol. The van der Waals surface area contributed by atoms with Gasteiger partial charge in [0.25, 0.3) is 0 Å². The second kappa shape index (κ2) is 3.97. The Hall–Kier alpha value is -1.23. The first-order valence-electron chi connectivity index (χ1n) is 4.97. The maximum atomic E-state index is 6.23. The molecule has 0 aliphatic carbocycles. The van der Waals surface area contributed by atoms with Gasteiger partial charge in [0.15, 0.2) is 0 Å². The summed E-state index contributed by atoms with van der Waals surface area (Å²) in [5.41, 5.74) is 7.40. The number of fused-ring (bicyclic) bond motifs is 1. The topological polar surface area (TPSA) is 38.9 Å². The Labute approximate surface area is 101 Å². The van der Waals surface area contributed by atoms with E-state index in [-0.39, 0.29) is 6.04 Å². The van der Waals surface area contributed by atoms with Gasteiger partial charge in [0.05, 0.1) is 6.04 Å². The van der Waals surface area contributed by atoms with E-state index in [9.17, 15) is 0 Å². The maximum Gasteiger partial charge on any atom is 0.114 e. The van der Waals surface area contributed by atoms with Crippen molar-refractivity contribution in [1.82, 2.24) is 4.98 Å². The highest BCUT2D eigenvalue weighted by Crippen LogP contribution is 2.32. The largest absolute Gasteiger partial charge is 0.318 e. The predicted molar refractivity (Wildman–Crippen MR) is 70.0 cm³/mol. The van der Waals surface area contributed by atoms with Crippen LogP contribution >= 0.6 is 22.7 Å². The molecule has 0 radical (unpaired) electrons. The third-order valence-corrected chi connectivity index (χ3v) is 4.40. The predicted octanol–water partition coefficient (Wildman–Crippen LogP) is 3.41. The van der Waals surface area contributed by atoms with Crippen molar-refractivity contribution in [2.45, 2.75) is 6.04 Å². The molecule has 1 aromatic carbocycles. The standard InChI is InChI=1S/C12H10N2S2/c13-11(12-14-5-6-15-12)9-7-16-10-4-2-1-3-8(9)10/h1-7,11H,13H2. The molecule has 0 saturated heterocycles. The summed E-state index contributed by atoms with van der Waals surface area (Å²) < 4.78 is 1.28. The minimum absolute atomic E-state index is 0.101. The SMILES string of the molecule is NC(c1nccs1)c1csc2ccccc12. The molecule has 1 atom stereocenters. The van der Waals surface area contributed by atoms with Gasteiger partial charge in [-0.1, -0.05) is 18.2 Å². The fourth-order valence-corrected chi connectivity index (χ4v) is 3.41. The van der Waals surface area contributed by atoms with Gasteiger partial charge in [0, 0.05) is 16.3 Å². The van der Waals surface area contributed by atoms with E-state index < -0.39 is 0 Å². The third kappa shape index (κ3) is 1.55. The van der Waals surface area contributed by atoms with E-state index in [0.29, 0.717) is 0 Å². The van der Waals surface area contributed by atoms with Crippen LogP contribution in [0.25, 0.3) is 10.1 Å². The summed E-state index contributed by atoms with van der Waals surface area (Å²) in [5, 5.41) is 6.32. The number of nitrogens with zero attached hydrogens (tertiary/aromatic N) is 1. The molecule has 4 heteroatoms. The van der Waals surface area contributed by atoms with Gasteiger partial charge in [-0.25, -0.2) is 4.98 Å². The van der Waals surface area contributed by atoms with E-state index in [1.165, 1.54) is 15.6 Å². The van der Waals surface area contributed by atoms with Gasteiger partial charge < -0.3 is 5.73 Å². The molecule has 2 N–H and O–H groups in total. The van der Waals surface area contributed by atoms with Crippen molar-refractivity contribution >= 4 is 32.8 Å². The third-order valence-electron chi connectivity index (χ3n) is 2.56. The summed E-state index contributed by atoms with van der Waals surface area (Å²) in [4.78, 5) is 4.28. The second-order valence-corrected chi connectivity index (χ2v) is 5.37. The summed E-state index contributed by atoms with van der Waals surface area (Å²) in [6.45, 7) is 0. The van der Waals surface area contributed by atoms with Gasteiger partial charge in [-0.15, -0.1) is 22.7 Å². The molecule has 0 bridgehead atoms. The van der Waals surface area contributed by atoms with Crippen LogP contribution in [0.5, 0.6) is 0 Å². The van der Waals surface area contributed by atoms with Crippen LogP contribution in [-0.2, 0) is 0 Å². The monoisotopic (exact) mass is 246 g/mol. The molecular formula is C12H10N2S2. The van der Waals surface area contributed by atoms with Crippen LogP contribution in [0.15, 0.2) is 41.2 Å². The zero-order valence-electron chi connectivity index (χ0n) is 8.46. The number of hydrogen-bond donors (Lipinski definition) is 1. The van der Waals surface area contributed by atoms with Gasteiger partial charge in [-0.05, 0) is 22.4 Å². The second-order valence-electron chi connectivity index (χ2n) is 3.54. The fraction of sp³-hybridized carbons (Fsp3) is 0.0833. The Morgan fingerprint density at radius 2 is 2.06 bits per heavy atom. The van der Waals surface area contributed by atoms with Crippen molar-refractivity contribution in [2.75, 3.05) is 0 Å². The zero-order chi connectivity index (χ0) is 11.0. The molecule has 2 aromatic heterocycles. The van der Waals surface area contributed by atoms with Gasteiger partial charge in [-0.2, -0.15) is 0 Å². The Bertz CT molecular complexity index is 598. The molecule has 0 saturated carbocycles. The lowest BCUT2D eigenvalue weighted by atomic mass is 10.1. The van der Waals surface area contributed by atoms with Gasteiger partial charge in [-0.3, -0.25) is 0 Å². The fourth-order valence-electron chi connectivity index (χ4n) is 1.76. The summed E-state index contributed by atoms with van der Waals surface area (Å²) in [7, 11) is 0. The van der Waals surface area contributed by atoms with Crippen molar-refractivity contribution in [2.24, 2.45) is 5.73 Å². The maximum absolute atomic E-state index is 6.23. The van der Waals surface area contributed by atoms with E-state index >= 15 is 0 Å². The van der Waals surface area contributed by atoms with Gasteiger partial charge in [0.2, 0.25) is 0 Å². The number of thiophene rings is 1. The first-order valence-corrected chi connectivity index (χ1v) is 6.73. The Morgan fingerprint density at radius 1 is 1.19 bits per heavy atom. The Balaban J connectivity index is 2.12. The minimum Gasteiger partial charge on any atom is -0.318 e. The molecule has 80 valence electrons. The summed E-state index contributed by atoms with van der Waals surface area (Å²) in [6.07, 6.45) is 1.80. The molecule has 0 aliphatic heterocycles. The number of nitrogens with two attached hydrogens (primary N) is 1. The van der Waals surface area contributed by atoms with E-state index in [1.807, 2.05) is 11.4 Å². The first kappa shape index (κ1) is 9.96. The molecule has 3 aromatic rings. The van der Waals surface area contributed by atoms with Crippen LogP contribution in [0, 0.1) is 0 Å². The number of aromatic nitrogens is 1. The van der Waals surface area contributed by atoms with E-state index in [1.54, 1.807) is 28.9 Å². The molecule has 0 aliphatic rings. The van der Waals surface area contributed by atoms with E-state index in [2.05, 4.69) is 28.6 Å². The normalized spacial score (nSPS) is 13.1. The molecule has 0 fully saturated rings. The smallest absolute Gasteiger partial charge is 0.114 e. The van der Waals surface area contributed by atoms with Crippen LogP contribution < -0.4 is 5.73 Å². The number of thiazole rings is 1. The molecular weight excluding hydrogens is 236 g/mol. The summed E-state index contributed by atoms with van der Waals surface area (Å²) in [6, 6.07) is 8.24. The van der Waals surface area contributed by atoms with Crippen molar-refractivity contribution in [1.29, 1.82) is 0 Å². The highest BCUT2D eigenvalue weighted by atomic mass is 32.1. The van der Waals surface area contributed by atoms with E-state index in [4.69, 9.17) is 5.73 Å². The Morgan fingerprint density at radius 3 is 2.88 bits per heavy atom. The number of benzene rings is 1. The lowest BCUT2D eigenvalue weighted by Crippen LogP contribution is -2.10. The lowest BCUT2D eigenvalue weighted by Gasteiger charge is -2.06. The summed E-state index contributed by atoms with van der Waals surface area (Å²) >= 11 is 3.34. The molecule has 2 nitrogen and oxygen atoms in total. The molecule has 2 heterocycles. The van der Waals surface area contributed by atoms with Crippen molar-refractivity contribution in [3.8, 4) is 0 Å². The number of hydrogen-bond acceptors (Lipinski definition) is 4.